The molecule has 0 amide bonds. The molecule has 2 rings (SSSR count). The molecule has 1 aromatic rings. The number of ether oxygens (including phenoxy) is 1. The fraction of sp³-hybridized carbons (Fsp3) is 0.625. The molecule has 3 nitrogen and oxygen atoms in total. The first kappa shape index (κ1) is 14.5. The van der Waals surface area contributed by atoms with Gasteiger partial charge in [-0.15, -0.1) is 0 Å². The van der Waals surface area contributed by atoms with Gasteiger partial charge in [0.2, 0.25) is 0 Å². The Labute approximate surface area is 116 Å². The van der Waals surface area contributed by atoms with Gasteiger partial charge >= 0.3 is 0 Å². The highest BCUT2D eigenvalue weighted by molar-refractivity contribution is 5.22. The summed E-state index contributed by atoms with van der Waals surface area (Å²) < 4.78 is 5.44. The maximum Gasteiger partial charge on any atom is 0.0632 e. The first-order valence-corrected chi connectivity index (χ1v) is 7.33. The van der Waals surface area contributed by atoms with Crippen molar-refractivity contribution in [2.24, 2.45) is 5.92 Å². The van der Waals surface area contributed by atoms with E-state index < -0.39 is 0 Å². The summed E-state index contributed by atoms with van der Waals surface area (Å²) in [6, 6.07) is 9.41. The number of morpholine rings is 1. The van der Waals surface area contributed by atoms with Crippen molar-refractivity contribution in [1.29, 1.82) is 0 Å². The van der Waals surface area contributed by atoms with Crippen LogP contribution in [-0.4, -0.2) is 32.3 Å². The molecule has 1 aromatic carbocycles. The Morgan fingerprint density at radius 3 is 2.63 bits per heavy atom. The van der Waals surface area contributed by atoms with Gasteiger partial charge in [-0.1, -0.05) is 38.1 Å². The highest BCUT2D eigenvalue weighted by Crippen LogP contribution is 2.09. The number of hydrogen-bond donors (Lipinski definition) is 2. The Hall–Kier alpha value is -0.900. The molecule has 3 heteroatoms. The van der Waals surface area contributed by atoms with Crippen LogP contribution in [0.15, 0.2) is 24.3 Å². The van der Waals surface area contributed by atoms with Gasteiger partial charge in [0.05, 0.1) is 13.2 Å². The lowest BCUT2D eigenvalue weighted by Crippen LogP contribution is -2.47. The molecule has 0 saturated carbocycles. The Morgan fingerprint density at radius 1 is 1.26 bits per heavy atom. The van der Waals surface area contributed by atoms with Gasteiger partial charge in [0, 0.05) is 25.7 Å². The van der Waals surface area contributed by atoms with Crippen LogP contribution >= 0.6 is 0 Å². The molecule has 1 atom stereocenters. The maximum atomic E-state index is 5.44. The zero-order chi connectivity index (χ0) is 13.5. The topological polar surface area (TPSA) is 33.3 Å². The summed E-state index contributed by atoms with van der Waals surface area (Å²) in [4.78, 5) is 0. The van der Waals surface area contributed by atoms with Crippen LogP contribution in [0.3, 0.4) is 0 Å². The first-order chi connectivity index (χ1) is 9.24. The van der Waals surface area contributed by atoms with Crippen molar-refractivity contribution in [1.82, 2.24) is 10.6 Å². The van der Waals surface area contributed by atoms with Crippen molar-refractivity contribution in [3.63, 3.8) is 0 Å². The molecule has 0 radical (unpaired) electrons. The molecule has 1 heterocycles. The van der Waals surface area contributed by atoms with Gasteiger partial charge < -0.3 is 15.4 Å². The average molecular weight is 262 g/mol. The molecule has 1 aliphatic heterocycles. The first-order valence-electron chi connectivity index (χ1n) is 7.33. The molecule has 0 aliphatic carbocycles. The minimum atomic E-state index is 0.453. The van der Waals surface area contributed by atoms with Gasteiger partial charge in [0.25, 0.3) is 0 Å². The van der Waals surface area contributed by atoms with E-state index in [2.05, 4.69) is 48.7 Å². The fourth-order valence-electron chi connectivity index (χ4n) is 2.41. The lowest BCUT2D eigenvalue weighted by molar-refractivity contribution is 0.0766. The van der Waals surface area contributed by atoms with Gasteiger partial charge in [-0.3, -0.25) is 0 Å². The lowest BCUT2D eigenvalue weighted by atomic mass is 10.0. The van der Waals surface area contributed by atoms with E-state index in [1.54, 1.807) is 0 Å². The third kappa shape index (κ3) is 5.31. The maximum absolute atomic E-state index is 5.44. The second kappa shape index (κ2) is 7.63. The van der Waals surface area contributed by atoms with Crippen LogP contribution in [0, 0.1) is 5.92 Å². The molecule has 1 aliphatic rings. The summed E-state index contributed by atoms with van der Waals surface area (Å²) in [5.41, 5.74) is 2.78. The molecule has 2 N–H and O–H groups in total. The number of benzene rings is 1. The average Bonchev–Trinajstić information content (AvgIpc) is 2.41. The molecule has 1 saturated heterocycles. The molecule has 1 fully saturated rings. The van der Waals surface area contributed by atoms with E-state index in [-0.39, 0.29) is 0 Å². The molecule has 0 aromatic heterocycles. The Balaban J connectivity index is 1.70. The third-order valence-corrected chi connectivity index (χ3v) is 3.39. The van der Waals surface area contributed by atoms with E-state index >= 15 is 0 Å². The zero-order valence-electron chi connectivity index (χ0n) is 12.1. The van der Waals surface area contributed by atoms with Crippen LogP contribution in [0.1, 0.15) is 25.0 Å². The molecule has 0 spiro atoms. The van der Waals surface area contributed by atoms with Crippen molar-refractivity contribution in [3.8, 4) is 0 Å². The van der Waals surface area contributed by atoms with E-state index in [0.29, 0.717) is 6.04 Å². The van der Waals surface area contributed by atoms with Gasteiger partial charge in [-0.2, -0.15) is 0 Å². The minimum Gasteiger partial charge on any atom is -0.378 e. The fourth-order valence-corrected chi connectivity index (χ4v) is 2.41. The lowest BCUT2D eigenvalue weighted by Gasteiger charge is -2.24. The summed E-state index contributed by atoms with van der Waals surface area (Å²) in [5, 5.41) is 6.94. The largest absolute Gasteiger partial charge is 0.378 e. The summed E-state index contributed by atoms with van der Waals surface area (Å²) in [5.74, 6) is 0.723. The molecule has 0 bridgehead atoms. The highest BCUT2D eigenvalue weighted by atomic mass is 16.5. The van der Waals surface area contributed by atoms with E-state index in [1.807, 2.05) is 0 Å². The van der Waals surface area contributed by atoms with E-state index in [1.165, 1.54) is 11.1 Å². The second-order valence-corrected chi connectivity index (χ2v) is 5.77. The Kier molecular flexibility index (Phi) is 5.83. The smallest absolute Gasteiger partial charge is 0.0632 e. The van der Waals surface area contributed by atoms with Gasteiger partial charge in [-0.25, -0.2) is 0 Å². The van der Waals surface area contributed by atoms with Crippen LogP contribution in [0.5, 0.6) is 0 Å². The van der Waals surface area contributed by atoms with Crippen molar-refractivity contribution < 1.29 is 4.74 Å². The van der Waals surface area contributed by atoms with Crippen molar-refractivity contribution in [2.75, 3.05) is 26.3 Å². The van der Waals surface area contributed by atoms with Gasteiger partial charge in [0.15, 0.2) is 0 Å². The Morgan fingerprint density at radius 2 is 2.00 bits per heavy atom. The van der Waals surface area contributed by atoms with E-state index in [4.69, 9.17) is 4.74 Å². The molecular weight excluding hydrogens is 236 g/mol. The Bertz CT molecular complexity index is 356. The monoisotopic (exact) mass is 262 g/mol. The predicted molar refractivity (Wildman–Crippen MR) is 79.3 cm³/mol. The molecular formula is C16H26N2O. The van der Waals surface area contributed by atoms with Crippen LogP contribution in [0.2, 0.25) is 0 Å². The van der Waals surface area contributed by atoms with Crippen LogP contribution < -0.4 is 10.6 Å². The molecule has 1 unspecified atom stereocenters. The SMILES string of the molecule is CC(C)Cc1ccc(CNCC2COCCN2)cc1. The number of rotatable bonds is 6. The second-order valence-electron chi connectivity index (χ2n) is 5.77. The van der Waals surface area contributed by atoms with Crippen molar-refractivity contribution in [3.05, 3.63) is 35.4 Å². The summed E-state index contributed by atoms with van der Waals surface area (Å²) in [6.45, 7) is 9.04. The van der Waals surface area contributed by atoms with Crippen molar-refractivity contribution in [2.45, 2.75) is 32.9 Å². The number of hydrogen-bond acceptors (Lipinski definition) is 3. The van der Waals surface area contributed by atoms with Crippen LogP contribution in [-0.2, 0) is 17.7 Å². The standard InChI is InChI=1S/C16H26N2O/c1-13(2)9-14-3-5-15(6-4-14)10-17-11-16-12-19-8-7-18-16/h3-6,13,16-18H,7-12H2,1-2H3. The summed E-state index contributed by atoms with van der Waals surface area (Å²) in [6.07, 6.45) is 1.16. The van der Waals surface area contributed by atoms with Gasteiger partial charge in [0.1, 0.15) is 0 Å². The predicted octanol–water partition coefficient (Wildman–Crippen LogP) is 1.96. The van der Waals surface area contributed by atoms with Crippen LogP contribution in [0.4, 0.5) is 0 Å². The normalized spacial score (nSPS) is 19.8. The molecule has 106 valence electrons. The van der Waals surface area contributed by atoms with E-state index in [0.717, 1.165) is 45.2 Å². The molecule has 19 heavy (non-hydrogen) atoms. The van der Waals surface area contributed by atoms with Crippen molar-refractivity contribution >= 4 is 0 Å². The quantitative estimate of drug-likeness (QED) is 0.822. The highest BCUT2D eigenvalue weighted by Gasteiger charge is 2.11. The van der Waals surface area contributed by atoms with Crippen LogP contribution in [0.25, 0.3) is 0 Å². The van der Waals surface area contributed by atoms with E-state index in [9.17, 15) is 0 Å². The minimum absolute atomic E-state index is 0.453. The third-order valence-electron chi connectivity index (χ3n) is 3.39. The van der Waals surface area contributed by atoms with Gasteiger partial charge in [-0.05, 0) is 23.5 Å². The summed E-state index contributed by atoms with van der Waals surface area (Å²) in [7, 11) is 0. The zero-order valence-corrected chi connectivity index (χ0v) is 12.1. The summed E-state index contributed by atoms with van der Waals surface area (Å²) >= 11 is 0. The number of nitrogens with one attached hydrogen (secondary N) is 2.